The third-order valence-corrected chi connectivity index (χ3v) is 3.91. The summed E-state index contributed by atoms with van der Waals surface area (Å²) in [7, 11) is 0. The van der Waals surface area contributed by atoms with E-state index in [-0.39, 0.29) is 6.03 Å². The lowest BCUT2D eigenvalue weighted by Gasteiger charge is -2.30. The number of urea groups is 1. The fourth-order valence-electron chi connectivity index (χ4n) is 2.55. The number of carboxylic acids is 1. The Bertz CT molecular complexity index is 533. The monoisotopic (exact) mass is 320 g/mol. The van der Waals surface area contributed by atoms with E-state index in [1.165, 1.54) is 0 Å². The van der Waals surface area contributed by atoms with Gasteiger partial charge in [-0.15, -0.1) is 0 Å². The summed E-state index contributed by atoms with van der Waals surface area (Å²) in [6.45, 7) is 4.18. The second-order valence-electron chi connectivity index (χ2n) is 5.86. The molecule has 1 saturated heterocycles. The number of piperidine rings is 1. The molecule has 1 aromatic heterocycles. The molecular weight excluding hydrogens is 296 g/mol. The minimum absolute atomic E-state index is 0.176. The molecule has 0 aromatic carbocycles. The van der Waals surface area contributed by atoms with E-state index in [2.05, 4.69) is 15.6 Å². The molecule has 1 aliphatic rings. The molecular formula is C16H24N4O3. The standard InChI is InChI=1S/C16H24N4O3/c1-12-5-6-14(19-10-12)17-7-3-8-18-16(23)20-9-2-4-13(11-20)15(21)22/h5-6,10,13H,2-4,7-9,11H2,1H3,(H,17,19)(H,18,23)(H,21,22). The highest BCUT2D eigenvalue weighted by atomic mass is 16.4. The van der Waals surface area contributed by atoms with E-state index in [0.717, 1.165) is 24.2 Å². The highest BCUT2D eigenvalue weighted by Gasteiger charge is 2.27. The molecule has 0 radical (unpaired) electrons. The number of likely N-dealkylation sites (tertiary alicyclic amines) is 1. The van der Waals surface area contributed by atoms with Gasteiger partial charge in [-0.1, -0.05) is 6.07 Å². The van der Waals surface area contributed by atoms with Gasteiger partial charge in [0.05, 0.1) is 5.92 Å². The van der Waals surface area contributed by atoms with Crippen LogP contribution in [0.4, 0.5) is 10.6 Å². The van der Waals surface area contributed by atoms with E-state index in [1.54, 1.807) is 11.1 Å². The summed E-state index contributed by atoms with van der Waals surface area (Å²) in [6.07, 6.45) is 3.97. The largest absolute Gasteiger partial charge is 0.481 e. The van der Waals surface area contributed by atoms with E-state index in [1.807, 2.05) is 19.1 Å². The smallest absolute Gasteiger partial charge is 0.317 e. The fourth-order valence-corrected chi connectivity index (χ4v) is 2.55. The van der Waals surface area contributed by atoms with Gasteiger partial charge in [0.2, 0.25) is 0 Å². The van der Waals surface area contributed by atoms with Crippen molar-refractivity contribution in [1.82, 2.24) is 15.2 Å². The number of aryl methyl sites for hydroxylation is 1. The number of aliphatic carboxylic acids is 1. The maximum Gasteiger partial charge on any atom is 0.317 e. The number of carbonyl (C=O) groups is 2. The summed E-state index contributed by atoms with van der Waals surface area (Å²) in [4.78, 5) is 28.9. The molecule has 1 aliphatic heterocycles. The summed E-state index contributed by atoms with van der Waals surface area (Å²) in [5, 5.41) is 15.1. The van der Waals surface area contributed by atoms with Crippen molar-refractivity contribution in [2.45, 2.75) is 26.2 Å². The first-order valence-electron chi connectivity index (χ1n) is 7.98. The topological polar surface area (TPSA) is 94.6 Å². The van der Waals surface area contributed by atoms with Crippen molar-refractivity contribution >= 4 is 17.8 Å². The van der Waals surface area contributed by atoms with Gasteiger partial charge in [0.1, 0.15) is 5.82 Å². The summed E-state index contributed by atoms with van der Waals surface area (Å²) in [6, 6.07) is 3.74. The zero-order chi connectivity index (χ0) is 16.7. The van der Waals surface area contributed by atoms with Crippen LogP contribution in [0.1, 0.15) is 24.8 Å². The van der Waals surface area contributed by atoms with Crippen LogP contribution in [0.3, 0.4) is 0 Å². The SMILES string of the molecule is Cc1ccc(NCCCNC(=O)N2CCCC(C(=O)O)C2)nc1. The normalized spacial score (nSPS) is 17.6. The number of pyridine rings is 1. The van der Waals surface area contributed by atoms with Crippen LogP contribution in [-0.2, 0) is 4.79 Å². The van der Waals surface area contributed by atoms with Crippen LogP contribution in [0.5, 0.6) is 0 Å². The molecule has 3 N–H and O–H groups in total. The van der Waals surface area contributed by atoms with Gasteiger partial charge in [-0.05, 0) is 37.8 Å². The second-order valence-corrected chi connectivity index (χ2v) is 5.86. The minimum Gasteiger partial charge on any atom is -0.481 e. The molecule has 23 heavy (non-hydrogen) atoms. The van der Waals surface area contributed by atoms with Gasteiger partial charge in [0, 0.05) is 32.4 Å². The summed E-state index contributed by atoms with van der Waals surface area (Å²) in [5.41, 5.74) is 1.11. The van der Waals surface area contributed by atoms with E-state index >= 15 is 0 Å². The molecule has 1 unspecified atom stereocenters. The first-order valence-corrected chi connectivity index (χ1v) is 7.98. The van der Waals surface area contributed by atoms with Crippen LogP contribution in [0, 0.1) is 12.8 Å². The van der Waals surface area contributed by atoms with Crippen molar-refractivity contribution < 1.29 is 14.7 Å². The van der Waals surface area contributed by atoms with Gasteiger partial charge >= 0.3 is 12.0 Å². The Labute approximate surface area is 136 Å². The Balaban J connectivity index is 1.62. The van der Waals surface area contributed by atoms with Crippen LogP contribution >= 0.6 is 0 Å². The van der Waals surface area contributed by atoms with Gasteiger partial charge in [-0.25, -0.2) is 9.78 Å². The highest BCUT2D eigenvalue weighted by Crippen LogP contribution is 2.16. The van der Waals surface area contributed by atoms with Crippen molar-refractivity contribution in [2.75, 3.05) is 31.5 Å². The fraction of sp³-hybridized carbons (Fsp3) is 0.562. The lowest BCUT2D eigenvalue weighted by molar-refractivity contribution is -0.143. The van der Waals surface area contributed by atoms with Crippen LogP contribution in [0.2, 0.25) is 0 Å². The zero-order valence-corrected chi connectivity index (χ0v) is 13.4. The molecule has 1 atom stereocenters. The molecule has 2 amide bonds. The van der Waals surface area contributed by atoms with E-state index in [0.29, 0.717) is 32.6 Å². The van der Waals surface area contributed by atoms with Crippen molar-refractivity contribution in [3.8, 4) is 0 Å². The first kappa shape index (κ1) is 17.1. The van der Waals surface area contributed by atoms with Crippen molar-refractivity contribution in [3.63, 3.8) is 0 Å². The predicted molar refractivity (Wildman–Crippen MR) is 87.4 cm³/mol. The number of hydrogen-bond acceptors (Lipinski definition) is 4. The lowest BCUT2D eigenvalue weighted by atomic mass is 9.99. The average Bonchev–Trinajstić information content (AvgIpc) is 2.56. The third kappa shape index (κ3) is 5.43. The number of amides is 2. The maximum atomic E-state index is 12.0. The molecule has 0 spiro atoms. The summed E-state index contributed by atoms with van der Waals surface area (Å²) in [5.74, 6) is -0.441. The number of nitrogens with one attached hydrogen (secondary N) is 2. The molecule has 0 bridgehead atoms. The van der Waals surface area contributed by atoms with Gasteiger partial charge < -0.3 is 20.6 Å². The Morgan fingerprint density at radius 1 is 1.39 bits per heavy atom. The number of carbonyl (C=O) groups excluding carboxylic acids is 1. The summed E-state index contributed by atoms with van der Waals surface area (Å²) >= 11 is 0. The number of carboxylic acid groups (broad SMARTS) is 1. The lowest BCUT2D eigenvalue weighted by Crippen LogP contribution is -2.47. The maximum absolute atomic E-state index is 12.0. The number of hydrogen-bond donors (Lipinski definition) is 3. The zero-order valence-electron chi connectivity index (χ0n) is 13.4. The number of aromatic nitrogens is 1. The highest BCUT2D eigenvalue weighted by molar-refractivity contribution is 5.76. The van der Waals surface area contributed by atoms with E-state index < -0.39 is 11.9 Å². The number of rotatable bonds is 6. The van der Waals surface area contributed by atoms with E-state index in [4.69, 9.17) is 5.11 Å². The van der Waals surface area contributed by atoms with Crippen LogP contribution in [0.15, 0.2) is 18.3 Å². The van der Waals surface area contributed by atoms with Crippen molar-refractivity contribution in [2.24, 2.45) is 5.92 Å². The molecule has 2 heterocycles. The van der Waals surface area contributed by atoms with Crippen molar-refractivity contribution in [1.29, 1.82) is 0 Å². The molecule has 7 nitrogen and oxygen atoms in total. The Morgan fingerprint density at radius 2 is 2.22 bits per heavy atom. The van der Waals surface area contributed by atoms with Gasteiger partial charge in [0.25, 0.3) is 0 Å². The Hall–Kier alpha value is -2.31. The third-order valence-electron chi connectivity index (χ3n) is 3.91. The number of anilines is 1. The van der Waals surface area contributed by atoms with Crippen molar-refractivity contribution in [3.05, 3.63) is 23.9 Å². The summed E-state index contributed by atoms with van der Waals surface area (Å²) < 4.78 is 0. The Morgan fingerprint density at radius 3 is 2.91 bits per heavy atom. The quantitative estimate of drug-likeness (QED) is 0.694. The molecule has 0 aliphatic carbocycles. The molecule has 126 valence electrons. The molecule has 1 aromatic rings. The van der Waals surface area contributed by atoms with Gasteiger partial charge in [-0.3, -0.25) is 4.79 Å². The van der Waals surface area contributed by atoms with Gasteiger partial charge in [0.15, 0.2) is 0 Å². The van der Waals surface area contributed by atoms with Crippen LogP contribution in [0.25, 0.3) is 0 Å². The molecule has 7 heteroatoms. The van der Waals surface area contributed by atoms with E-state index in [9.17, 15) is 9.59 Å². The molecule has 2 rings (SSSR count). The molecule has 1 fully saturated rings. The average molecular weight is 320 g/mol. The first-order chi connectivity index (χ1) is 11.1. The van der Waals surface area contributed by atoms with Crippen LogP contribution in [-0.4, -0.2) is 53.2 Å². The molecule has 0 saturated carbocycles. The Kier molecular flexibility index (Phi) is 6.19. The number of nitrogens with zero attached hydrogens (tertiary/aromatic N) is 2. The minimum atomic E-state index is -0.822. The van der Waals surface area contributed by atoms with Gasteiger partial charge in [-0.2, -0.15) is 0 Å². The van der Waals surface area contributed by atoms with Crippen LogP contribution < -0.4 is 10.6 Å². The second kappa shape index (κ2) is 8.36. The predicted octanol–water partition coefficient (Wildman–Crippen LogP) is 1.70.